The minimum absolute atomic E-state index is 0. The molecule has 0 spiro atoms. The maximum absolute atomic E-state index is 6.58. The molecule has 1 aromatic rings. The minimum atomic E-state index is 0. The van der Waals surface area contributed by atoms with Crippen molar-refractivity contribution in [2.75, 3.05) is 0 Å². The normalized spacial score (nSPS) is 20.1. The third-order valence-electron chi connectivity index (χ3n) is 4.78. The van der Waals surface area contributed by atoms with Gasteiger partial charge in [-0.3, -0.25) is 0 Å². The summed E-state index contributed by atoms with van der Waals surface area (Å²) in [5.74, 6) is 0. The minimum Gasteiger partial charge on any atom is -0.327 e. The molecule has 1 aliphatic rings. The summed E-state index contributed by atoms with van der Waals surface area (Å²) in [6, 6.07) is 6.91. The molecular formula is C17H29ClN2. The summed E-state index contributed by atoms with van der Waals surface area (Å²) in [6.45, 7) is 5.16. The highest BCUT2D eigenvalue weighted by atomic mass is 35.5. The quantitative estimate of drug-likeness (QED) is 0.871. The number of hydrogen-bond acceptors (Lipinski definition) is 2. The topological polar surface area (TPSA) is 52.0 Å². The molecular weight excluding hydrogens is 268 g/mol. The Kier molecular flexibility index (Phi) is 6.50. The van der Waals surface area contributed by atoms with E-state index in [4.69, 9.17) is 11.5 Å². The summed E-state index contributed by atoms with van der Waals surface area (Å²) in [7, 11) is 0. The number of nitrogens with two attached hydrogens (primary N) is 2. The van der Waals surface area contributed by atoms with Gasteiger partial charge < -0.3 is 11.5 Å². The zero-order valence-electron chi connectivity index (χ0n) is 12.8. The van der Waals surface area contributed by atoms with Gasteiger partial charge in [0.25, 0.3) is 0 Å². The predicted molar refractivity (Wildman–Crippen MR) is 89.4 cm³/mol. The summed E-state index contributed by atoms with van der Waals surface area (Å²) in [5, 5.41) is 0. The third-order valence-corrected chi connectivity index (χ3v) is 4.78. The summed E-state index contributed by atoms with van der Waals surface area (Å²) in [4.78, 5) is 0. The molecule has 1 atom stereocenters. The number of fused-ring (bicyclic) bond motifs is 1. The van der Waals surface area contributed by atoms with Crippen LogP contribution >= 0.6 is 12.4 Å². The van der Waals surface area contributed by atoms with E-state index in [0.29, 0.717) is 6.54 Å². The van der Waals surface area contributed by atoms with Gasteiger partial charge in [0, 0.05) is 18.0 Å². The fourth-order valence-corrected chi connectivity index (χ4v) is 4.08. The van der Waals surface area contributed by atoms with Crippen molar-refractivity contribution in [3.63, 3.8) is 0 Å². The van der Waals surface area contributed by atoms with Crippen LogP contribution in [0.25, 0.3) is 0 Å². The lowest BCUT2D eigenvalue weighted by Gasteiger charge is -2.45. The average Bonchev–Trinajstić information content (AvgIpc) is 2.43. The van der Waals surface area contributed by atoms with Crippen LogP contribution in [0.1, 0.15) is 62.6 Å². The number of benzene rings is 1. The first-order valence-corrected chi connectivity index (χ1v) is 7.76. The lowest BCUT2D eigenvalue weighted by atomic mass is 9.61. The van der Waals surface area contributed by atoms with Crippen molar-refractivity contribution < 1.29 is 0 Å². The van der Waals surface area contributed by atoms with Gasteiger partial charge in [-0.25, -0.2) is 0 Å². The highest BCUT2D eigenvalue weighted by Crippen LogP contribution is 2.45. The Morgan fingerprint density at radius 3 is 2.40 bits per heavy atom. The molecule has 1 unspecified atom stereocenters. The Morgan fingerprint density at radius 1 is 1.20 bits per heavy atom. The van der Waals surface area contributed by atoms with Gasteiger partial charge in [0.2, 0.25) is 0 Å². The van der Waals surface area contributed by atoms with E-state index in [2.05, 4.69) is 32.0 Å². The summed E-state index contributed by atoms with van der Waals surface area (Å²) >= 11 is 0. The molecule has 0 fully saturated rings. The van der Waals surface area contributed by atoms with Gasteiger partial charge in [0.15, 0.2) is 0 Å². The van der Waals surface area contributed by atoms with Gasteiger partial charge in [0.05, 0.1) is 0 Å². The van der Waals surface area contributed by atoms with E-state index in [1.54, 1.807) is 0 Å². The molecule has 4 N–H and O–H groups in total. The molecule has 0 aromatic heterocycles. The molecule has 0 saturated carbocycles. The second-order valence-electron chi connectivity index (χ2n) is 5.96. The van der Waals surface area contributed by atoms with E-state index in [9.17, 15) is 0 Å². The van der Waals surface area contributed by atoms with Crippen molar-refractivity contribution in [3.8, 4) is 0 Å². The zero-order valence-corrected chi connectivity index (χ0v) is 13.6. The van der Waals surface area contributed by atoms with E-state index in [0.717, 1.165) is 12.8 Å². The summed E-state index contributed by atoms with van der Waals surface area (Å²) in [6.07, 6.45) is 6.97. The molecule has 0 amide bonds. The Bertz CT molecular complexity index is 411. The Hall–Kier alpha value is -0.570. The van der Waals surface area contributed by atoms with Crippen LogP contribution in [0.3, 0.4) is 0 Å². The van der Waals surface area contributed by atoms with Crippen LogP contribution in [0.2, 0.25) is 0 Å². The molecule has 1 aliphatic carbocycles. The second kappa shape index (κ2) is 7.44. The van der Waals surface area contributed by atoms with Gasteiger partial charge in [0.1, 0.15) is 0 Å². The van der Waals surface area contributed by atoms with Gasteiger partial charge in [-0.15, -0.1) is 12.4 Å². The maximum atomic E-state index is 6.58. The number of halogens is 1. The van der Waals surface area contributed by atoms with Crippen molar-refractivity contribution >= 4 is 12.4 Å². The van der Waals surface area contributed by atoms with Crippen LogP contribution in [0.4, 0.5) is 0 Å². The standard InChI is InChI=1S/C17H28N2.ClH/c1-3-10-17(11-4-2)15(19)9-8-13-6-5-7-14(12-18)16(13)17;/h5-7,15H,3-4,8-12,18-19H2,1-2H3;1H. The summed E-state index contributed by atoms with van der Waals surface area (Å²) < 4.78 is 0. The molecule has 3 heteroatoms. The molecule has 2 nitrogen and oxygen atoms in total. The monoisotopic (exact) mass is 296 g/mol. The molecule has 0 saturated heterocycles. The largest absolute Gasteiger partial charge is 0.327 e. The first-order chi connectivity index (χ1) is 9.19. The van der Waals surface area contributed by atoms with Crippen molar-refractivity contribution in [1.29, 1.82) is 0 Å². The Labute approximate surface area is 129 Å². The maximum Gasteiger partial charge on any atom is 0.0181 e. The van der Waals surface area contributed by atoms with Crippen LogP contribution in [0, 0.1) is 0 Å². The molecule has 114 valence electrons. The SMILES string of the molecule is CCCC1(CCC)c2c(CN)cccc2CCC1N.Cl. The van der Waals surface area contributed by atoms with Crippen LogP contribution in [-0.4, -0.2) is 6.04 Å². The first-order valence-electron chi connectivity index (χ1n) is 7.76. The second-order valence-corrected chi connectivity index (χ2v) is 5.96. The Morgan fingerprint density at radius 2 is 1.85 bits per heavy atom. The van der Waals surface area contributed by atoms with E-state index < -0.39 is 0 Å². The molecule has 2 rings (SSSR count). The first kappa shape index (κ1) is 17.5. The lowest BCUT2D eigenvalue weighted by Crippen LogP contribution is -2.49. The molecule has 0 aliphatic heterocycles. The van der Waals surface area contributed by atoms with Crippen LogP contribution < -0.4 is 11.5 Å². The lowest BCUT2D eigenvalue weighted by molar-refractivity contribution is 0.259. The highest BCUT2D eigenvalue weighted by molar-refractivity contribution is 5.85. The van der Waals surface area contributed by atoms with Crippen molar-refractivity contribution in [3.05, 3.63) is 34.9 Å². The van der Waals surface area contributed by atoms with E-state index in [1.165, 1.54) is 42.4 Å². The fourth-order valence-electron chi connectivity index (χ4n) is 4.08. The highest BCUT2D eigenvalue weighted by Gasteiger charge is 2.42. The van der Waals surface area contributed by atoms with Crippen molar-refractivity contribution in [2.45, 2.75) is 70.4 Å². The van der Waals surface area contributed by atoms with Crippen LogP contribution in [0.15, 0.2) is 18.2 Å². The third kappa shape index (κ3) is 2.88. The van der Waals surface area contributed by atoms with Gasteiger partial charge in [-0.05, 0) is 42.4 Å². The Balaban J connectivity index is 0.00000200. The van der Waals surface area contributed by atoms with E-state index in [-0.39, 0.29) is 23.9 Å². The number of hydrogen-bond donors (Lipinski definition) is 2. The number of aryl methyl sites for hydroxylation is 1. The molecule has 1 aromatic carbocycles. The van der Waals surface area contributed by atoms with Crippen LogP contribution in [0.5, 0.6) is 0 Å². The van der Waals surface area contributed by atoms with Crippen LogP contribution in [-0.2, 0) is 18.4 Å². The number of rotatable bonds is 5. The fraction of sp³-hybridized carbons (Fsp3) is 0.647. The smallest absolute Gasteiger partial charge is 0.0181 e. The molecule has 20 heavy (non-hydrogen) atoms. The molecule has 0 heterocycles. The van der Waals surface area contributed by atoms with Crippen molar-refractivity contribution in [1.82, 2.24) is 0 Å². The van der Waals surface area contributed by atoms with Crippen molar-refractivity contribution in [2.24, 2.45) is 11.5 Å². The zero-order chi connectivity index (χ0) is 13.9. The summed E-state index contributed by atoms with van der Waals surface area (Å²) in [5.41, 5.74) is 17.0. The van der Waals surface area contributed by atoms with E-state index >= 15 is 0 Å². The van der Waals surface area contributed by atoms with E-state index in [1.807, 2.05) is 0 Å². The average molecular weight is 297 g/mol. The van der Waals surface area contributed by atoms with Gasteiger partial charge in [-0.1, -0.05) is 44.9 Å². The van der Waals surface area contributed by atoms with Gasteiger partial charge >= 0.3 is 0 Å². The molecule has 0 radical (unpaired) electrons. The van der Waals surface area contributed by atoms with Gasteiger partial charge in [-0.2, -0.15) is 0 Å². The predicted octanol–water partition coefficient (Wildman–Crippen LogP) is 3.68. The molecule has 0 bridgehead atoms.